The summed E-state index contributed by atoms with van der Waals surface area (Å²) in [7, 11) is -2.28. The lowest BCUT2D eigenvalue weighted by Crippen LogP contribution is -2.23. The van der Waals surface area contributed by atoms with Gasteiger partial charge >= 0.3 is 0 Å². The number of ether oxygens (including phenoxy) is 1. The monoisotopic (exact) mass is 571 g/mol. The molecule has 0 radical (unpaired) electrons. The summed E-state index contributed by atoms with van der Waals surface area (Å²) in [4.78, 5) is 1.64. The quantitative estimate of drug-likeness (QED) is 0.243. The molecule has 0 saturated carbocycles. The van der Waals surface area contributed by atoms with Crippen LogP contribution in [0.2, 0.25) is 20.1 Å². The van der Waals surface area contributed by atoms with Gasteiger partial charge in [-0.25, -0.2) is 13.1 Å². The number of hydrogen-bond donors (Lipinski definition) is 1. The molecule has 0 amide bonds. The molecule has 1 heterocycles. The van der Waals surface area contributed by atoms with Gasteiger partial charge in [0.05, 0.1) is 12.1 Å². The Balaban J connectivity index is 1.72. The van der Waals surface area contributed by atoms with Crippen molar-refractivity contribution in [2.24, 2.45) is 0 Å². The first-order valence-electron chi connectivity index (χ1n) is 9.85. The van der Waals surface area contributed by atoms with Crippen molar-refractivity contribution in [1.82, 2.24) is 4.72 Å². The van der Waals surface area contributed by atoms with Gasteiger partial charge in [0.2, 0.25) is 10.0 Å². The van der Waals surface area contributed by atoms with Crippen molar-refractivity contribution in [2.45, 2.75) is 11.4 Å². The third-order valence-electron chi connectivity index (χ3n) is 4.98. The first-order valence-corrected chi connectivity index (χ1v) is 13.7. The summed E-state index contributed by atoms with van der Waals surface area (Å²) in [6.07, 6.45) is 0. The van der Waals surface area contributed by atoms with Crippen LogP contribution in [0.25, 0.3) is 21.6 Å². The van der Waals surface area contributed by atoms with Crippen LogP contribution in [0.3, 0.4) is 0 Å². The number of thiophene rings is 1. The van der Waals surface area contributed by atoms with E-state index in [1.54, 1.807) is 19.2 Å². The van der Waals surface area contributed by atoms with E-state index >= 15 is 0 Å². The van der Waals surface area contributed by atoms with Gasteiger partial charge in [-0.3, -0.25) is 0 Å². The van der Waals surface area contributed by atoms with E-state index in [2.05, 4.69) is 4.72 Å². The summed E-state index contributed by atoms with van der Waals surface area (Å²) in [5.41, 5.74) is 2.60. The molecule has 0 saturated heterocycles. The van der Waals surface area contributed by atoms with Crippen LogP contribution >= 0.6 is 57.7 Å². The van der Waals surface area contributed by atoms with E-state index in [0.29, 0.717) is 10.0 Å². The average molecular weight is 573 g/mol. The summed E-state index contributed by atoms with van der Waals surface area (Å²) in [6.45, 7) is 0.0597. The van der Waals surface area contributed by atoms with Crippen LogP contribution in [-0.4, -0.2) is 15.5 Å². The van der Waals surface area contributed by atoms with E-state index in [1.807, 2.05) is 36.4 Å². The van der Waals surface area contributed by atoms with Crippen molar-refractivity contribution < 1.29 is 13.2 Å². The highest BCUT2D eigenvalue weighted by molar-refractivity contribution is 7.89. The summed E-state index contributed by atoms with van der Waals surface area (Å²) in [5.74, 6) is 0.734. The van der Waals surface area contributed by atoms with Crippen LogP contribution in [0, 0.1) is 0 Å². The first-order chi connectivity index (χ1) is 16.2. The number of hydrogen-bond acceptors (Lipinski definition) is 4. The second-order valence-electron chi connectivity index (χ2n) is 7.21. The highest BCUT2D eigenvalue weighted by Gasteiger charge is 2.21. The molecule has 34 heavy (non-hydrogen) atoms. The van der Waals surface area contributed by atoms with Gasteiger partial charge in [-0.1, -0.05) is 52.5 Å². The Kier molecular flexibility index (Phi) is 7.79. The number of nitrogens with one attached hydrogen (secondary N) is 1. The van der Waals surface area contributed by atoms with Crippen LogP contribution < -0.4 is 9.46 Å². The van der Waals surface area contributed by atoms with E-state index in [4.69, 9.17) is 51.1 Å². The van der Waals surface area contributed by atoms with Crippen molar-refractivity contribution in [2.75, 3.05) is 7.11 Å². The molecule has 4 aromatic rings. The second-order valence-corrected chi connectivity index (χ2v) is 11.8. The average Bonchev–Trinajstić information content (AvgIpc) is 3.23. The van der Waals surface area contributed by atoms with Gasteiger partial charge in [0.1, 0.15) is 10.6 Å². The first kappa shape index (κ1) is 25.3. The smallest absolute Gasteiger partial charge is 0.242 e. The van der Waals surface area contributed by atoms with Gasteiger partial charge in [0.25, 0.3) is 0 Å². The summed E-state index contributed by atoms with van der Waals surface area (Å²) >= 11 is 26.1. The van der Waals surface area contributed by atoms with Gasteiger partial charge < -0.3 is 4.74 Å². The van der Waals surface area contributed by atoms with Crippen molar-refractivity contribution in [3.63, 3.8) is 0 Å². The third kappa shape index (κ3) is 5.55. The predicted octanol–water partition coefficient (Wildman–Crippen LogP) is 8.18. The summed E-state index contributed by atoms with van der Waals surface area (Å²) in [5, 5.41) is 1.40. The minimum absolute atomic E-state index is 0.0597. The van der Waals surface area contributed by atoms with Gasteiger partial charge in [-0.2, -0.15) is 0 Å². The fourth-order valence-corrected chi connectivity index (χ4v) is 6.81. The lowest BCUT2D eigenvalue weighted by atomic mass is 10.0. The molecule has 10 heteroatoms. The molecule has 0 aliphatic heterocycles. The van der Waals surface area contributed by atoms with E-state index in [-0.39, 0.29) is 21.5 Å². The largest absolute Gasteiger partial charge is 0.497 e. The van der Waals surface area contributed by atoms with Gasteiger partial charge in [0.15, 0.2) is 0 Å². The minimum atomic E-state index is -3.89. The molecule has 0 unspecified atom stereocenters. The zero-order chi connectivity index (χ0) is 24.5. The number of benzene rings is 3. The number of methoxy groups -OCH3 is 1. The highest BCUT2D eigenvalue weighted by Crippen LogP contribution is 2.43. The van der Waals surface area contributed by atoms with Crippen LogP contribution in [0.5, 0.6) is 5.75 Å². The van der Waals surface area contributed by atoms with Crippen LogP contribution in [0.15, 0.2) is 71.6 Å². The Morgan fingerprint density at radius 3 is 2.18 bits per heavy atom. The molecule has 0 bridgehead atoms. The molecular weight excluding hydrogens is 556 g/mol. The molecule has 0 fully saturated rings. The minimum Gasteiger partial charge on any atom is -0.497 e. The van der Waals surface area contributed by atoms with Gasteiger partial charge in [0, 0.05) is 42.5 Å². The fraction of sp³-hybridized carbons (Fsp3) is 0.0833. The number of halogens is 4. The zero-order valence-corrected chi connectivity index (χ0v) is 22.3. The van der Waals surface area contributed by atoms with Crippen molar-refractivity contribution in [3.05, 3.63) is 91.7 Å². The van der Waals surface area contributed by atoms with E-state index in [0.717, 1.165) is 32.2 Å². The van der Waals surface area contributed by atoms with Crippen molar-refractivity contribution in [3.8, 4) is 27.3 Å². The maximum absolute atomic E-state index is 12.9. The van der Waals surface area contributed by atoms with Crippen molar-refractivity contribution >= 4 is 67.8 Å². The van der Waals surface area contributed by atoms with Crippen LogP contribution in [0.1, 0.15) is 4.88 Å². The molecule has 3 aromatic carbocycles. The molecule has 176 valence electrons. The SMILES string of the molecule is COc1ccc(-c2sc(CNS(=O)(=O)c3cc(Cl)ccc3Cl)cc2-c2ccc(Cl)cc2Cl)cc1. The molecule has 0 aliphatic carbocycles. The number of rotatable bonds is 7. The van der Waals surface area contributed by atoms with Gasteiger partial charge in [-0.05, 0) is 66.2 Å². The maximum Gasteiger partial charge on any atom is 0.242 e. The molecular formula is C24H17Cl4NO3S2. The topological polar surface area (TPSA) is 55.4 Å². The standard InChI is InChI=1S/C24H17Cl4NO3S2/c1-32-17-6-2-14(3-7-17)24-20(19-8-4-15(25)10-22(19)28)12-18(33-24)13-29-34(30,31)23-11-16(26)5-9-21(23)27/h2-12,29H,13H2,1H3. The Bertz CT molecular complexity index is 1450. The Hall–Kier alpha value is -1.77. The Morgan fingerprint density at radius 1 is 0.824 bits per heavy atom. The normalized spacial score (nSPS) is 11.6. The molecule has 1 aromatic heterocycles. The molecule has 4 rings (SSSR count). The van der Waals surface area contributed by atoms with Crippen molar-refractivity contribution in [1.29, 1.82) is 0 Å². The highest BCUT2D eigenvalue weighted by atomic mass is 35.5. The molecule has 1 N–H and O–H groups in total. The second kappa shape index (κ2) is 10.5. The number of sulfonamides is 1. The Morgan fingerprint density at radius 2 is 1.50 bits per heavy atom. The van der Waals surface area contributed by atoms with E-state index < -0.39 is 10.0 Å². The van der Waals surface area contributed by atoms with Crippen LogP contribution in [0.4, 0.5) is 0 Å². The summed E-state index contributed by atoms with van der Waals surface area (Å²) < 4.78 is 33.6. The summed E-state index contributed by atoms with van der Waals surface area (Å²) in [6, 6.07) is 19.1. The molecule has 4 nitrogen and oxygen atoms in total. The molecule has 0 atom stereocenters. The van der Waals surface area contributed by atoms with E-state index in [9.17, 15) is 8.42 Å². The molecule has 0 spiro atoms. The van der Waals surface area contributed by atoms with Gasteiger partial charge in [-0.15, -0.1) is 11.3 Å². The zero-order valence-electron chi connectivity index (χ0n) is 17.6. The Labute approximate surface area is 222 Å². The molecule has 0 aliphatic rings. The maximum atomic E-state index is 12.9. The predicted molar refractivity (Wildman–Crippen MR) is 142 cm³/mol. The lowest BCUT2D eigenvalue weighted by molar-refractivity contribution is 0.415. The fourth-order valence-electron chi connectivity index (χ4n) is 3.32. The lowest BCUT2D eigenvalue weighted by Gasteiger charge is -2.08. The van der Waals surface area contributed by atoms with E-state index in [1.165, 1.54) is 29.5 Å². The van der Waals surface area contributed by atoms with Crippen LogP contribution in [-0.2, 0) is 16.6 Å². The third-order valence-corrected chi connectivity index (χ3v) is 8.83.